The van der Waals surface area contributed by atoms with Gasteiger partial charge < -0.3 is 10.5 Å². The summed E-state index contributed by atoms with van der Waals surface area (Å²) in [7, 11) is 0. The lowest BCUT2D eigenvalue weighted by Gasteiger charge is -2.12. The van der Waals surface area contributed by atoms with E-state index in [0.29, 0.717) is 16.3 Å². The van der Waals surface area contributed by atoms with Crippen LogP contribution in [0.3, 0.4) is 0 Å². The Labute approximate surface area is 132 Å². The van der Waals surface area contributed by atoms with Gasteiger partial charge in [0.2, 0.25) is 5.91 Å². The van der Waals surface area contributed by atoms with E-state index in [1.165, 1.54) is 24.9 Å². The minimum absolute atomic E-state index is 0.0600. The van der Waals surface area contributed by atoms with Gasteiger partial charge in [0.25, 0.3) is 5.03 Å². The average Bonchev–Trinajstić information content (AvgIpc) is 2.49. The number of rotatable bonds is 5. The second-order valence-corrected chi connectivity index (χ2v) is 6.11. The summed E-state index contributed by atoms with van der Waals surface area (Å²) in [5.41, 5.74) is 1.10. The van der Waals surface area contributed by atoms with E-state index in [2.05, 4.69) is 5.32 Å². The highest BCUT2D eigenvalue weighted by Crippen LogP contribution is 2.21. The molecule has 1 atom stereocenters. The molecule has 0 bridgehead atoms. The van der Waals surface area contributed by atoms with E-state index in [1.54, 1.807) is 49.4 Å². The standard InChI is InChI=1S/C16H16N2O3S/c1-11(19)13-6-5-7-14(10-13)17-16(20)12(2)22-15-8-3-4-9-18(15)21/h3-10,12H,1-2H3,(H,17,20). The maximum Gasteiger partial charge on any atom is 0.252 e. The Bertz CT molecular complexity index is 703. The van der Waals surface area contributed by atoms with Gasteiger partial charge in [0, 0.05) is 23.4 Å². The van der Waals surface area contributed by atoms with Crippen LogP contribution in [0.1, 0.15) is 24.2 Å². The summed E-state index contributed by atoms with van der Waals surface area (Å²) in [5.74, 6) is -0.287. The number of hydrogen-bond donors (Lipinski definition) is 1. The molecule has 1 amide bonds. The van der Waals surface area contributed by atoms with E-state index < -0.39 is 5.25 Å². The summed E-state index contributed by atoms with van der Waals surface area (Å²) in [6.45, 7) is 3.20. The summed E-state index contributed by atoms with van der Waals surface area (Å²) in [6.07, 6.45) is 1.39. The zero-order chi connectivity index (χ0) is 16.1. The smallest absolute Gasteiger partial charge is 0.252 e. The van der Waals surface area contributed by atoms with Gasteiger partial charge in [-0.2, -0.15) is 4.73 Å². The normalized spacial score (nSPS) is 11.7. The van der Waals surface area contributed by atoms with Crippen molar-refractivity contribution >= 4 is 29.1 Å². The molecule has 1 aromatic carbocycles. The molecule has 22 heavy (non-hydrogen) atoms. The van der Waals surface area contributed by atoms with Gasteiger partial charge in [0.1, 0.15) is 0 Å². The maximum atomic E-state index is 12.2. The molecule has 1 heterocycles. The number of hydrogen-bond acceptors (Lipinski definition) is 4. The fourth-order valence-corrected chi connectivity index (χ4v) is 2.65. The first-order valence-corrected chi connectivity index (χ1v) is 7.62. The molecule has 1 unspecified atom stereocenters. The first-order valence-electron chi connectivity index (χ1n) is 6.74. The SMILES string of the molecule is CC(=O)c1cccc(NC(=O)C(C)Sc2cccc[n+]2[O-])c1. The summed E-state index contributed by atoms with van der Waals surface area (Å²) < 4.78 is 0.727. The van der Waals surface area contributed by atoms with E-state index >= 15 is 0 Å². The van der Waals surface area contributed by atoms with Crippen LogP contribution in [-0.2, 0) is 4.79 Å². The summed E-state index contributed by atoms with van der Waals surface area (Å²) >= 11 is 1.18. The third kappa shape index (κ3) is 4.08. The molecule has 2 rings (SSSR count). The van der Waals surface area contributed by atoms with Crippen molar-refractivity contribution in [2.45, 2.75) is 24.1 Å². The molecule has 0 spiro atoms. The van der Waals surface area contributed by atoms with Crippen LogP contribution in [0.25, 0.3) is 0 Å². The van der Waals surface area contributed by atoms with Gasteiger partial charge in [-0.05, 0) is 43.8 Å². The van der Waals surface area contributed by atoms with E-state index in [1.807, 2.05) is 0 Å². The number of aromatic nitrogens is 1. The number of nitrogens with one attached hydrogen (secondary N) is 1. The summed E-state index contributed by atoms with van der Waals surface area (Å²) in [4.78, 5) is 23.5. The minimum Gasteiger partial charge on any atom is -0.618 e. The first-order chi connectivity index (χ1) is 10.5. The Balaban J connectivity index is 2.04. The monoisotopic (exact) mass is 316 g/mol. The molecule has 114 valence electrons. The second kappa shape index (κ2) is 7.09. The quantitative estimate of drug-likeness (QED) is 0.398. The third-order valence-corrected chi connectivity index (χ3v) is 4.12. The average molecular weight is 316 g/mol. The van der Waals surface area contributed by atoms with Gasteiger partial charge >= 0.3 is 0 Å². The molecule has 1 aromatic heterocycles. The number of nitrogens with zero attached hydrogens (tertiary/aromatic N) is 1. The molecule has 5 nitrogen and oxygen atoms in total. The molecule has 0 radical (unpaired) electrons. The number of amides is 1. The van der Waals surface area contributed by atoms with Gasteiger partial charge in [-0.25, -0.2) is 0 Å². The number of thioether (sulfide) groups is 1. The fraction of sp³-hybridized carbons (Fsp3) is 0.188. The van der Waals surface area contributed by atoms with Gasteiger partial charge in [-0.1, -0.05) is 12.1 Å². The van der Waals surface area contributed by atoms with Crippen molar-refractivity contribution in [2.24, 2.45) is 0 Å². The lowest BCUT2D eigenvalue weighted by molar-refractivity contribution is -0.645. The number of carbonyl (C=O) groups excluding carboxylic acids is 2. The van der Waals surface area contributed by atoms with Crippen LogP contribution in [0.2, 0.25) is 0 Å². The highest BCUT2D eigenvalue weighted by atomic mass is 32.2. The largest absolute Gasteiger partial charge is 0.618 e. The van der Waals surface area contributed by atoms with Crippen LogP contribution in [0, 0.1) is 5.21 Å². The number of ketones is 1. The minimum atomic E-state index is -0.441. The zero-order valence-electron chi connectivity index (χ0n) is 12.3. The van der Waals surface area contributed by atoms with E-state index in [4.69, 9.17) is 0 Å². The molecule has 0 saturated heterocycles. The highest BCUT2D eigenvalue weighted by molar-refractivity contribution is 8.00. The Hall–Kier alpha value is -2.34. The van der Waals surface area contributed by atoms with Crippen LogP contribution >= 0.6 is 11.8 Å². The topological polar surface area (TPSA) is 73.1 Å². The molecular formula is C16H16N2O3S. The summed E-state index contributed by atoms with van der Waals surface area (Å²) in [6, 6.07) is 11.8. The number of pyridine rings is 1. The predicted molar refractivity (Wildman–Crippen MR) is 85.8 cm³/mol. The Morgan fingerprint density at radius 3 is 2.68 bits per heavy atom. The van der Waals surface area contributed by atoms with Crippen LogP contribution in [0.4, 0.5) is 5.69 Å². The second-order valence-electron chi connectivity index (χ2n) is 4.75. The Kier molecular flexibility index (Phi) is 5.16. The van der Waals surface area contributed by atoms with Crippen LogP contribution in [-0.4, -0.2) is 16.9 Å². The third-order valence-electron chi connectivity index (χ3n) is 2.99. The predicted octanol–water partition coefficient (Wildman–Crippen LogP) is 2.64. The van der Waals surface area contributed by atoms with Crippen molar-refractivity contribution in [2.75, 3.05) is 5.32 Å². The van der Waals surface area contributed by atoms with Crippen molar-refractivity contribution in [3.63, 3.8) is 0 Å². The lowest BCUT2D eigenvalue weighted by atomic mass is 10.1. The van der Waals surface area contributed by atoms with Gasteiger partial charge in [-0.15, -0.1) is 0 Å². The van der Waals surface area contributed by atoms with E-state index in [0.717, 1.165) is 4.73 Å². The molecule has 6 heteroatoms. The van der Waals surface area contributed by atoms with Crippen molar-refractivity contribution < 1.29 is 14.3 Å². The molecular weight excluding hydrogens is 300 g/mol. The van der Waals surface area contributed by atoms with Crippen molar-refractivity contribution in [3.05, 3.63) is 59.4 Å². The van der Waals surface area contributed by atoms with Crippen molar-refractivity contribution in [1.82, 2.24) is 0 Å². The lowest BCUT2D eigenvalue weighted by Crippen LogP contribution is -2.30. The van der Waals surface area contributed by atoms with Crippen molar-refractivity contribution in [1.29, 1.82) is 0 Å². The molecule has 0 aliphatic carbocycles. The molecule has 2 aromatic rings. The Morgan fingerprint density at radius 2 is 2.00 bits per heavy atom. The van der Waals surface area contributed by atoms with Crippen LogP contribution < -0.4 is 10.0 Å². The van der Waals surface area contributed by atoms with Crippen molar-refractivity contribution in [3.8, 4) is 0 Å². The molecule has 0 fully saturated rings. The van der Waals surface area contributed by atoms with Gasteiger partial charge in [0.05, 0.1) is 5.25 Å². The Morgan fingerprint density at radius 1 is 1.23 bits per heavy atom. The molecule has 0 aliphatic rings. The zero-order valence-corrected chi connectivity index (χ0v) is 13.1. The number of benzene rings is 1. The van der Waals surface area contributed by atoms with Gasteiger partial charge in [0.15, 0.2) is 12.0 Å². The molecule has 1 N–H and O–H groups in total. The molecule has 0 saturated carbocycles. The maximum absolute atomic E-state index is 12.2. The summed E-state index contributed by atoms with van der Waals surface area (Å²) in [5, 5.41) is 14.4. The first kappa shape index (κ1) is 16.0. The number of carbonyl (C=O) groups is 2. The highest BCUT2D eigenvalue weighted by Gasteiger charge is 2.18. The van der Waals surface area contributed by atoms with Gasteiger partial charge in [-0.3, -0.25) is 9.59 Å². The fourth-order valence-electron chi connectivity index (χ4n) is 1.80. The number of Topliss-reactive ketones (excluding diaryl/α,β-unsaturated/α-hetero) is 1. The van der Waals surface area contributed by atoms with Crippen LogP contribution in [0.5, 0.6) is 0 Å². The van der Waals surface area contributed by atoms with E-state index in [9.17, 15) is 14.8 Å². The van der Waals surface area contributed by atoms with Crippen LogP contribution in [0.15, 0.2) is 53.7 Å². The molecule has 0 aliphatic heterocycles. The number of anilines is 1. The van der Waals surface area contributed by atoms with E-state index in [-0.39, 0.29) is 11.7 Å².